The van der Waals surface area contributed by atoms with Crippen LogP contribution in [0.2, 0.25) is 0 Å². The molecule has 1 saturated heterocycles. The topological polar surface area (TPSA) is 63.7 Å². The molecule has 1 fully saturated rings. The molecule has 5 nitrogen and oxygen atoms in total. The fraction of sp³-hybridized carbons (Fsp3) is 0.400. The smallest absolute Gasteiger partial charge is 0.333 e. The molecular formula is C5H5NO4. The van der Waals surface area contributed by atoms with Gasteiger partial charge in [-0.15, -0.1) is 0 Å². The molecule has 0 spiro atoms. The van der Waals surface area contributed by atoms with Crippen LogP contribution in [0.25, 0.3) is 0 Å². The van der Waals surface area contributed by atoms with Gasteiger partial charge in [0, 0.05) is 0 Å². The van der Waals surface area contributed by atoms with Crippen LogP contribution in [0.3, 0.4) is 0 Å². The van der Waals surface area contributed by atoms with Gasteiger partial charge < -0.3 is 9.64 Å². The summed E-state index contributed by atoms with van der Waals surface area (Å²) in [6, 6.07) is 0. The van der Waals surface area contributed by atoms with Crippen molar-refractivity contribution in [3.05, 3.63) is 0 Å². The minimum atomic E-state index is -0.677. The summed E-state index contributed by atoms with van der Waals surface area (Å²) in [6.07, 6.45) is 0.443. The summed E-state index contributed by atoms with van der Waals surface area (Å²) in [7, 11) is 0. The fourth-order valence-electron chi connectivity index (χ4n) is 0.654. The van der Waals surface area contributed by atoms with Crippen LogP contribution >= 0.6 is 0 Å². The van der Waals surface area contributed by atoms with Crippen molar-refractivity contribution in [2.75, 3.05) is 13.1 Å². The van der Waals surface area contributed by atoms with Gasteiger partial charge in [-0.1, -0.05) is 0 Å². The highest BCUT2D eigenvalue weighted by atomic mass is 16.6. The average molecular weight is 143 g/mol. The van der Waals surface area contributed by atoms with Crippen LogP contribution in [0.5, 0.6) is 0 Å². The van der Waals surface area contributed by atoms with Crippen molar-refractivity contribution in [1.82, 2.24) is 4.90 Å². The highest BCUT2D eigenvalue weighted by molar-refractivity contribution is 5.92. The van der Waals surface area contributed by atoms with Gasteiger partial charge in [-0.3, -0.25) is 4.79 Å². The van der Waals surface area contributed by atoms with E-state index in [2.05, 4.69) is 4.74 Å². The monoisotopic (exact) mass is 143 g/mol. The second-order valence-electron chi connectivity index (χ2n) is 1.86. The SMILES string of the molecule is O=CN1CC(=O)OC(=O)C1. The summed E-state index contributed by atoms with van der Waals surface area (Å²) in [5.74, 6) is -1.35. The first-order chi connectivity index (χ1) is 4.72. The third-order valence-corrected chi connectivity index (χ3v) is 1.04. The number of cyclic esters (lactones) is 2. The maximum atomic E-state index is 10.4. The minimum absolute atomic E-state index is 0.130. The van der Waals surface area contributed by atoms with Gasteiger partial charge in [-0.25, -0.2) is 9.59 Å². The number of carbonyl (C=O) groups is 3. The van der Waals surface area contributed by atoms with Gasteiger partial charge in [0.15, 0.2) is 0 Å². The molecule has 1 aliphatic heterocycles. The van der Waals surface area contributed by atoms with Crippen molar-refractivity contribution >= 4 is 18.3 Å². The molecule has 54 valence electrons. The van der Waals surface area contributed by atoms with E-state index in [1.807, 2.05) is 0 Å². The molecule has 1 rings (SSSR count). The number of hydrogen-bond donors (Lipinski definition) is 0. The van der Waals surface area contributed by atoms with Crippen LogP contribution in [0.15, 0.2) is 0 Å². The van der Waals surface area contributed by atoms with Gasteiger partial charge in [-0.05, 0) is 0 Å². The van der Waals surface area contributed by atoms with E-state index in [9.17, 15) is 14.4 Å². The molecule has 0 saturated carbocycles. The Morgan fingerprint density at radius 2 is 1.80 bits per heavy atom. The number of rotatable bonds is 1. The predicted molar refractivity (Wildman–Crippen MR) is 28.7 cm³/mol. The van der Waals surface area contributed by atoms with Gasteiger partial charge in [0.25, 0.3) is 0 Å². The molecule has 5 heteroatoms. The normalized spacial score (nSPS) is 18.6. The number of morpholine rings is 1. The average Bonchev–Trinajstić information content (AvgIpc) is 1.85. The highest BCUT2D eigenvalue weighted by Gasteiger charge is 2.22. The van der Waals surface area contributed by atoms with Crippen LogP contribution in [-0.2, 0) is 19.1 Å². The lowest BCUT2D eigenvalue weighted by Gasteiger charge is -2.18. The van der Waals surface area contributed by atoms with Crippen molar-refractivity contribution in [3.63, 3.8) is 0 Å². The van der Waals surface area contributed by atoms with Crippen LogP contribution in [-0.4, -0.2) is 36.3 Å². The molecule has 0 radical (unpaired) electrons. The number of carbonyl (C=O) groups excluding carboxylic acids is 3. The standard InChI is InChI=1S/C5H5NO4/c7-3-6-1-4(8)10-5(9)2-6/h3H,1-2H2. The number of nitrogens with zero attached hydrogens (tertiary/aromatic N) is 1. The van der Waals surface area contributed by atoms with E-state index in [1.165, 1.54) is 0 Å². The molecule has 0 bridgehead atoms. The van der Waals surface area contributed by atoms with Crippen LogP contribution in [0, 0.1) is 0 Å². The quantitative estimate of drug-likeness (QED) is 0.255. The molecule has 0 aliphatic carbocycles. The van der Waals surface area contributed by atoms with Crippen LogP contribution < -0.4 is 0 Å². The van der Waals surface area contributed by atoms with E-state index in [0.717, 1.165) is 4.90 Å². The zero-order valence-electron chi connectivity index (χ0n) is 5.07. The second-order valence-corrected chi connectivity index (χ2v) is 1.86. The van der Waals surface area contributed by atoms with Crippen molar-refractivity contribution < 1.29 is 19.1 Å². The molecule has 10 heavy (non-hydrogen) atoms. The van der Waals surface area contributed by atoms with E-state index in [1.54, 1.807) is 0 Å². The van der Waals surface area contributed by atoms with Crippen molar-refractivity contribution in [2.24, 2.45) is 0 Å². The van der Waals surface area contributed by atoms with Gasteiger partial charge in [0.1, 0.15) is 13.1 Å². The van der Waals surface area contributed by atoms with E-state index in [-0.39, 0.29) is 13.1 Å². The molecule has 1 amide bonds. The molecule has 0 atom stereocenters. The Hall–Kier alpha value is -1.39. The summed E-state index contributed by atoms with van der Waals surface area (Å²) in [4.78, 5) is 31.9. The Balaban J connectivity index is 2.58. The summed E-state index contributed by atoms with van der Waals surface area (Å²) < 4.78 is 4.14. The van der Waals surface area contributed by atoms with E-state index < -0.39 is 11.9 Å². The maximum absolute atomic E-state index is 10.4. The first-order valence-corrected chi connectivity index (χ1v) is 2.65. The van der Waals surface area contributed by atoms with E-state index in [0.29, 0.717) is 6.41 Å². The molecule has 1 heterocycles. The molecule has 0 aromatic rings. The summed E-state index contributed by atoms with van der Waals surface area (Å²) >= 11 is 0. The molecule has 0 N–H and O–H groups in total. The zero-order valence-corrected chi connectivity index (χ0v) is 5.07. The Bertz CT molecular complexity index is 172. The summed E-state index contributed by atoms with van der Waals surface area (Å²) in [5, 5.41) is 0. The molecular weight excluding hydrogens is 138 g/mol. The molecule has 1 aliphatic rings. The molecule has 0 aromatic heterocycles. The Morgan fingerprint density at radius 3 is 2.20 bits per heavy atom. The van der Waals surface area contributed by atoms with Crippen molar-refractivity contribution in [1.29, 1.82) is 0 Å². The van der Waals surface area contributed by atoms with Crippen molar-refractivity contribution in [2.45, 2.75) is 0 Å². The lowest BCUT2D eigenvalue weighted by Crippen LogP contribution is -2.41. The summed E-state index contributed by atoms with van der Waals surface area (Å²) in [6.45, 7) is -0.259. The largest absolute Gasteiger partial charge is 0.390 e. The zero-order chi connectivity index (χ0) is 7.56. The third kappa shape index (κ3) is 1.31. The van der Waals surface area contributed by atoms with E-state index >= 15 is 0 Å². The van der Waals surface area contributed by atoms with E-state index in [4.69, 9.17) is 0 Å². The number of ether oxygens (including phenoxy) is 1. The van der Waals surface area contributed by atoms with Gasteiger partial charge in [-0.2, -0.15) is 0 Å². The van der Waals surface area contributed by atoms with Crippen LogP contribution in [0.4, 0.5) is 0 Å². The third-order valence-electron chi connectivity index (χ3n) is 1.04. The summed E-state index contributed by atoms with van der Waals surface area (Å²) in [5.41, 5.74) is 0. The number of hydrogen-bond acceptors (Lipinski definition) is 4. The molecule has 0 unspecified atom stereocenters. The minimum Gasteiger partial charge on any atom is -0.390 e. The highest BCUT2D eigenvalue weighted by Crippen LogP contribution is 1.95. The maximum Gasteiger partial charge on any atom is 0.333 e. The molecule has 0 aromatic carbocycles. The van der Waals surface area contributed by atoms with Gasteiger partial charge >= 0.3 is 11.9 Å². The van der Waals surface area contributed by atoms with Crippen molar-refractivity contribution in [3.8, 4) is 0 Å². The first-order valence-electron chi connectivity index (χ1n) is 2.65. The fourth-order valence-corrected chi connectivity index (χ4v) is 0.654. The number of amides is 1. The first kappa shape index (κ1) is 6.73. The lowest BCUT2D eigenvalue weighted by molar-refractivity contribution is -0.168. The van der Waals surface area contributed by atoms with Gasteiger partial charge in [0.05, 0.1) is 0 Å². The Kier molecular flexibility index (Phi) is 1.66. The predicted octanol–water partition coefficient (Wildman–Crippen LogP) is -1.47. The number of esters is 2. The second kappa shape index (κ2) is 2.47. The Morgan fingerprint density at radius 1 is 1.30 bits per heavy atom. The lowest BCUT2D eigenvalue weighted by atomic mass is 10.4. The Labute approximate surface area is 56.6 Å². The van der Waals surface area contributed by atoms with Gasteiger partial charge in [0.2, 0.25) is 6.41 Å². The van der Waals surface area contributed by atoms with Crippen LogP contribution in [0.1, 0.15) is 0 Å².